The van der Waals surface area contributed by atoms with Crippen molar-refractivity contribution in [2.75, 3.05) is 6.61 Å². The molecule has 0 aliphatic heterocycles. The Morgan fingerprint density at radius 2 is 1.75 bits per heavy atom. The molecule has 0 aromatic heterocycles. The normalized spacial score (nSPS) is 11.2. The van der Waals surface area contributed by atoms with E-state index in [0.29, 0.717) is 6.61 Å². The molecule has 0 saturated heterocycles. The lowest BCUT2D eigenvalue weighted by atomic mass is 10.0. The van der Waals surface area contributed by atoms with E-state index in [1.165, 1.54) is 16.3 Å². The Kier molecular flexibility index (Phi) is 5.85. The maximum Gasteiger partial charge on any atom is 0.124 e. The van der Waals surface area contributed by atoms with Crippen molar-refractivity contribution >= 4 is 23.2 Å². The fraction of sp³-hybridized carbons (Fsp3) is 0.412. The summed E-state index contributed by atoms with van der Waals surface area (Å²) in [6, 6.07) is 12.7. The summed E-state index contributed by atoms with van der Waals surface area (Å²) in [5.74, 6) is 0.984. The maximum atomic E-state index is 5.77. The molecular formula is C17H24ClNO. The van der Waals surface area contributed by atoms with E-state index in [1.807, 2.05) is 6.92 Å². The van der Waals surface area contributed by atoms with E-state index >= 15 is 0 Å². The highest BCUT2D eigenvalue weighted by Gasteiger charge is 2.13. The number of hydrogen-bond donors (Lipinski definition) is 1. The quantitative estimate of drug-likeness (QED) is 0.893. The molecule has 2 aromatic carbocycles. The molecule has 3 heteroatoms. The maximum absolute atomic E-state index is 5.77. The minimum absolute atomic E-state index is 0. The Morgan fingerprint density at radius 1 is 1.05 bits per heavy atom. The van der Waals surface area contributed by atoms with Crippen LogP contribution in [0, 0.1) is 0 Å². The van der Waals surface area contributed by atoms with Gasteiger partial charge in [0, 0.05) is 17.6 Å². The highest BCUT2D eigenvalue weighted by molar-refractivity contribution is 5.87. The van der Waals surface area contributed by atoms with Gasteiger partial charge in [0.15, 0.2) is 0 Å². The molecule has 0 radical (unpaired) electrons. The van der Waals surface area contributed by atoms with Gasteiger partial charge in [-0.05, 0) is 44.5 Å². The Bertz CT molecular complexity index is 560. The van der Waals surface area contributed by atoms with Crippen LogP contribution in [0.4, 0.5) is 0 Å². The summed E-state index contributed by atoms with van der Waals surface area (Å²) < 4.78 is 5.77. The molecule has 0 heterocycles. The number of halogens is 1. The molecule has 0 aliphatic carbocycles. The molecule has 0 fully saturated rings. The first kappa shape index (κ1) is 16.8. The largest absolute Gasteiger partial charge is 0.494 e. The highest BCUT2D eigenvalue weighted by atomic mass is 35.5. The number of rotatable bonds is 4. The van der Waals surface area contributed by atoms with Crippen LogP contribution < -0.4 is 10.1 Å². The SMILES string of the molecule is CCOc1ccc2ccccc2c1CNC(C)(C)C.Cl. The van der Waals surface area contributed by atoms with E-state index in [1.54, 1.807) is 0 Å². The van der Waals surface area contributed by atoms with E-state index in [4.69, 9.17) is 4.74 Å². The smallest absolute Gasteiger partial charge is 0.124 e. The fourth-order valence-electron chi connectivity index (χ4n) is 2.14. The van der Waals surface area contributed by atoms with E-state index in [0.717, 1.165) is 12.3 Å². The molecule has 2 aromatic rings. The van der Waals surface area contributed by atoms with Gasteiger partial charge in [-0.1, -0.05) is 30.3 Å². The van der Waals surface area contributed by atoms with Gasteiger partial charge in [-0.2, -0.15) is 0 Å². The minimum Gasteiger partial charge on any atom is -0.494 e. The summed E-state index contributed by atoms with van der Waals surface area (Å²) in [6.07, 6.45) is 0. The van der Waals surface area contributed by atoms with Crippen molar-refractivity contribution in [3.8, 4) is 5.75 Å². The summed E-state index contributed by atoms with van der Waals surface area (Å²) in [7, 11) is 0. The zero-order valence-corrected chi connectivity index (χ0v) is 13.5. The van der Waals surface area contributed by atoms with Crippen molar-refractivity contribution in [3.63, 3.8) is 0 Å². The lowest BCUT2D eigenvalue weighted by Crippen LogP contribution is -2.35. The van der Waals surface area contributed by atoms with Gasteiger partial charge in [0.25, 0.3) is 0 Å². The van der Waals surface area contributed by atoms with Crippen LogP contribution in [0.25, 0.3) is 10.8 Å². The molecule has 0 saturated carbocycles. The Labute approximate surface area is 127 Å². The topological polar surface area (TPSA) is 21.3 Å². The fourth-order valence-corrected chi connectivity index (χ4v) is 2.14. The molecule has 0 amide bonds. The van der Waals surface area contributed by atoms with E-state index in [2.05, 4.69) is 62.5 Å². The Balaban J connectivity index is 0.00000200. The zero-order valence-electron chi connectivity index (χ0n) is 12.7. The first-order valence-electron chi connectivity index (χ1n) is 6.90. The van der Waals surface area contributed by atoms with Crippen LogP contribution in [-0.2, 0) is 6.54 Å². The number of benzene rings is 2. The summed E-state index contributed by atoms with van der Waals surface area (Å²) in [5.41, 5.74) is 1.34. The molecule has 2 rings (SSSR count). The average molecular weight is 294 g/mol. The molecule has 0 unspecified atom stereocenters. The van der Waals surface area contributed by atoms with Crippen LogP contribution in [0.3, 0.4) is 0 Å². The van der Waals surface area contributed by atoms with Gasteiger partial charge in [-0.25, -0.2) is 0 Å². The van der Waals surface area contributed by atoms with Crippen LogP contribution >= 0.6 is 12.4 Å². The van der Waals surface area contributed by atoms with Crippen molar-refractivity contribution in [2.24, 2.45) is 0 Å². The average Bonchev–Trinajstić information content (AvgIpc) is 2.36. The van der Waals surface area contributed by atoms with Crippen molar-refractivity contribution in [2.45, 2.75) is 39.8 Å². The first-order valence-corrected chi connectivity index (χ1v) is 6.90. The second-order valence-corrected chi connectivity index (χ2v) is 5.80. The van der Waals surface area contributed by atoms with Crippen LogP contribution in [0.5, 0.6) is 5.75 Å². The van der Waals surface area contributed by atoms with E-state index < -0.39 is 0 Å². The summed E-state index contributed by atoms with van der Waals surface area (Å²) in [6.45, 7) is 10.1. The van der Waals surface area contributed by atoms with Gasteiger partial charge < -0.3 is 10.1 Å². The van der Waals surface area contributed by atoms with Crippen LogP contribution in [0.15, 0.2) is 36.4 Å². The van der Waals surface area contributed by atoms with Crippen LogP contribution in [0.2, 0.25) is 0 Å². The molecule has 0 spiro atoms. The third kappa shape index (κ3) is 4.12. The zero-order chi connectivity index (χ0) is 13.9. The van der Waals surface area contributed by atoms with Crippen molar-refractivity contribution in [3.05, 3.63) is 42.0 Å². The second-order valence-electron chi connectivity index (χ2n) is 5.80. The molecule has 1 N–H and O–H groups in total. The van der Waals surface area contributed by atoms with Gasteiger partial charge in [-0.3, -0.25) is 0 Å². The minimum atomic E-state index is 0. The molecule has 0 bridgehead atoms. The number of hydrogen-bond acceptors (Lipinski definition) is 2. The predicted octanol–water partition coefficient (Wildman–Crippen LogP) is 4.55. The van der Waals surface area contributed by atoms with Crippen molar-refractivity contribution in [1.82, 2.24) is 5.32 Å². The van der Waals surface area contributed by atoms with Gasteiger partial charge in [0.1, 0.15) is 5.75 Å². The molecule has 20 heavy (non-hydrogen) atoms. The van der Waals surface area contributed by atoms with Gasteiger partial charge in [0.05, 0.1) is 6.61 Å². The van der Waals surface area contributed by atoms with Gasteiger partial charge in [0.2, 0.25) is 0 Å². The van der Waals surface area contributed by atoms with Crippen molar-refractivity contribution < 1.29 is 4.74 Å². The standard InChI is InChI=1S/C17H23NO.ClH/c1-5-19-16-11-10-13-8-6-7-9-14(13)15(16)12-18-17(2,3)4;/h6-11,18H,5,12H2,1-4H3;1H. The molecule has 110 valence electrons. The van der Waals surface area contributed by atoms with Gasteiger partial charge >= 0.3 is 0 Å². The lowest BCUT2D eigenvalue weighted by Gasteiger charge is -2.22. The Morgan fingerprint density at radius 3 is 2.40 bits per heavy atom. The third-order valence-corrected chi connectivity index (χ3v) is 3.09. The number of ether oxygens (including phenoxy) is 1. The predicted molar refractivity (Wildman–Crippen MR) is 89.0 cm³/mol. The monoisotopic (exact) mass is 293 g/mol. The van der Waals surface area contributed by atoms with E-state index in [-0.39, 0.29) is 17.9 Å². The van der Waals surface area contributed by atoms with Gasteiger partial charge in [-0.15, -0.1) is 12.4 Å². The van der Waals surface area contributed by atoms with Crippen LogP contribution in [0.1, 0.15) is 33.3 Å². The molecule has 0 aliphatic rings. The van der Waals surface area contributed by atoms with E-state index in [9.17, 15) is 0 Å². The molecule has 0 atom stereocenters. The number of nitrogens with one attached hydrogen (secondary N) is 1. The molecular weight excluding hydrogens is 270 g/mol. The van der Waals surface area contributed by atoms with Crippen molar-refractivity contribution in [1.29, 1.82) is 0 Å². The molecule has 2 nitrogen and oxygen atoms in total. The first-order chi connectivity index (χ1) is 9.01. The lowest BCUT2D eigenvalue weighted by molar-refractivity contribution is 0.333. The highest BCUT2D eigenvalue weighted by Crippen LogP contribution is 2.28. The number of fused-ring (bicyclic) bond motifs is 1. The summed E-state index contributed by atoms with van der Waals surface area (Å²) >= 11 is 0. The summed E-state index contributed by atoms with van der Waals surface area (Å²) in [4.78, 5) is 0. The van der Waals surface area contributed by atoms with Crippen LogP contribution in [-0.4, -0.2) is 12.1 Å². The second kappa shape index (κ2) is 6.96. The third-order valence-electron chi connectivity index (χ3n) is 3.09. The Hall–Kier alpha value is -1.25. The summed E-state index contributed by atoms with van der Waals surface area (Å²) in [5, 5.41) is 6.08.